The van der Waals surface area contributed by atoms with Gasteiger partial charge in [-0.15, -0.1) is 0 Å². The molecule has 0 saturated heterocycles. The van der Waals surface area contributed by atoms with Gasteiger partial charge in [0.05, 0.1) is 0 Å². The predicted octanol–water partition coefficient (Wildman–Crippen LogP) is 2.54. The molecule has 2 fully saturated rings. The molecule has 0 aromatic heterocycles. The zero-order valence-electron chi connectivity index (χ0n) is 13.8. The largest absolute Gasteiger partial charge is 0.481 e. The summed E-state index contributed by atoms with van der Waals surface area (Å²) in [6, 6.07) is 8.97. The maximum Gasteiger partial charge on any atom is 0.303 e. The van der Waals surface area contributed by atoms with Crippen molar-refractivity contribution < 1.29 is 15.0 Å². The van der Waals surface area contributed by atoms with E-state index in [1.807, 2.05) is 0 Å². The third-order valence-corrected chi connectivity index (χ3v) is 5.77. The molecule has 2 bridgehead atoms. The van der Waals surface area contributed by atoms with Crippen molar-refractivity contribution in [2.24, 2.45) is 17.8 Å². The fourth-order valence-corrected chi connectivity index (χ4v) is 4.98. The van der Waals surface area contributed by atoms with Crippen LogP contribution in [0.2, 0.25) is 0 Å². The van der Waals surface area contributed by atoms with Crippen LogP contribution in [0.1, 0.15) is 36.8 Å². The number of carboxylic acids is 1. The molecular formula is C19H27NO3. The summed E-state index contributed by atoms with van der Waals surface area (Å²) in [6.45, 7) is 1.08. The normalized spacial score (nSPS) is 29.3. The van der Waals surface area contributed by atoms with E-state index in [4.69, 9.17) is 10.2 Å². The first-order chi connectivity index (χ1) is 11.1. The molecule has 23 heavy (non-hydrogen) atoms. The second-order valence-corrected chi connectivity index (χ2v) is 7.29. The topological polar surface area (TPSA) is 60.8 Å². The van der Waals surface area contributed by atoms with E-state index in [1.165, 1.54) is 24.0 Å². The molecule has 4 atom stereocenters. The summed E-state index contributed by atoms with van der Waals surface area (Å²) >= 11 is 0. The van der Waals surface area contributed by atoms with Crippen molar-refractivity contribution in [1.82, 2.24) is 4.90 Å². The van der Waals surface area contributed by atoms with Crippen molar-refractivity contribution in [3.05, 3.63) is 35.4 Å². The summed E-state index contributed by atoms with van der Waals surface area (Å²) in [6.07, 6.45) is 4.55. The van der Waals surface area contributed by atoms with Gasteiger partial charge in [0.1, 0.15) is 0 Å². The van der Waals surface area contributed by atoms with E-state index < -0.39 is 5.97 Å². The van der Waals surface area contributed by atoms with E-state index in [9.17, 15) is 4.79 Å². The number of aliphatic hydroxyl groups excluding tert-OH is 1. The van der Waals surface area contributed by atoms with Crippen LogP contribution in [0, 0.1) is 17.8 Å². The lowest BCUT2D eigenvalue weighted by Gasteiger charge is -2.29. The minimum absolute atomic E-state index is 0.183. The Balaban J connectivity index is 1.65. The zero-order chi connectivity index (χ0) is 16.4. The summed E-state index contributed by atoms with van der Waals surface area (Å²) in [7, 11) is 2.18. The van der Waals surface area contributed by atoms with E-state index in [0.717, 1.165) is 13.0 Å². The summed E-state index contributed by atoms with van der Waals surface area (Å²) in [5.41, 5.74) is 2.45. The Morgan fingerprint density at radius 2 is 2.09 bits per heavy atom. The number of hydrogen-bond acceptors (Lipinski definition) is 3. The predicted molar refractivity (Wildman–Crippen MR) is 89.1 cm³/mol. The smallest absolute Gasteiger partial charge is 0.303 e. The van der Waals surface area contributed by atoms with Crippen LogP contribution in [0.4, 0.5) is 0 Å². The van der Waals surface area contributed by atoms with Crippen molar-refractivity contribution in [3.8, 4) is 0 Å². The van der Waals surface area contributed by atoms with Crippen molar-refractivity contribution in [2.45, 2.75) is 44.7 Å². The van der Waals surface area contributed by atoms with Crippen LogP contribution in [0.25, 0.3) is 0 Å². The monoisotopic (exact) mass is 317 g/mol. The third kappa shape index (κ3) is 3.59. The fraction of sp³-hybridized carbons (Fsp3) is 0.632. The van der Waals surface area contributed by atoms with E-state index in [1.54, 1.807) is 0 Å². The van der Waals surface area contributed by atoms with Gasteiger partial charge >= 0.3 is 5.97 Å². The molecule has 1 aromatic rings. The van der Waals surface area contributed by atoms with Gasteiger partial charge in [0.15, 0.2) is 0 Å². The number of carboxylic acid groups (broad SMARTS) is 1. The van der Waals surface area contributed by atoms with Crippen molar-refractivity contribution in [1.29, 1.82) is 0 Å². The molecule has 2 aliphatic rings. The number of aliphatic hydroxyl groups is 1. The third-order valence-electron chi connectivity index (χ3n) is 5.77. The minimum atomic E-state index is -0.652. The first-order valence-electron chi connectivity index (χ1n) is 8.69. The van der Waals surface area contributed by atoms with Crippen LogP contribution in [-0.4, -0.2) is 40.8 Å². The van der Waals surface area contributed by atoms with E-state index >= 15 is 0 Å². The average molecular weight is 317 g/mol. The van der Waals surface area contributed by atoms with Gasteiger partial charge in [-0.2, -0.15) is 0 Å². The first kappa shape index (κ1) is 16.5. The van der Waals surface area contributed by atoms with E-state index in [-0.39, 0.29) is 6.61 Å². The standard InChI is InChI=1S/C19H27NO3/c1-20(12-14-4-2-3-13(9-14)7-8-21)19-15-5-6-17(19)16(10-15)11-18(22)23/h2-4,9,15-17,19,21H,5-8,10-12H2,1H3,(H,22,23). The molecule has 0 amide bonds. The van der Waals surface area contributed by atoms with E-state index in [0.29, 0.717) is 36.6 Å². The molecule has 2 N–H and O–H groups in total. The second kappa shape index (κ2) is 7.02. The maximum atomic E-state index is 11.1. The Morgan fingerprint density at radius 3 is 2.83 bits per heavy atom. The average Bonchev–Trinajstić information content (AvgIpc) is 3.04. The van der Waals surface area contributed by atoms with Crippen LogP contribution in [-0.2, 0) is 17.8 Å². The molecule has 1 aromatic carbocycles. The summed E-state index contributed by atoms with van der Waals surface area (Å²) < 4.78 is 0. The van der Waals surface area contributed by atoms with Crippen LogP contribution in [0.3, 0.4) is 0 Å². The van der Waals surface area contributed by atoms with Gasteiger partial charge in [-0.05, 0) is 61.6 Å². The molecule has 2 aliphatic carbocycles. The quantitative estimate of drug-likeness (QED) is 0.811. The number of aliphatic carboxylic acids is 1. The number of carbonyl (C=O) groups is 1. The number of rotatable bonds is 7. The lowest BCUT2D eigenvalue weighted by Crippen LogP contribution is -2.35. The summed E-state index contributed by atoms with van der Waals surface area (Å²) in [5.74, 6) is 0.914. The Hall–Kier alpha value is -1.39. The van der Waals surface area contributed by atoms with Crippen molar-refractivity contribution >= 4 is 5.97 Å². The molecule has 0 heterocycles. The Bertz CT molecular complexity index is 559. The lowest BCUT2D eigenvalue weighted by molar-refractivity contribution is -0.138. The van der Waals surface area contributed by atoms with Gasteiger partial charge in [0.25, 0.3) is 0 Å². The van der Waals surface area contributed by atoms with Gasteiger partial charge < -0.3 is 10.2 Å². The molecule has 126 valence electrons. The fourth-order valence-electron chi connectivity index (χ4n) is 4.98. The van der Waals surface area contributed by atoms with Gasteiger partial charge in [0, 0.05) is 25.6 Å². The van der Waals surface area contributed by atoms with Crippen LogP contribution in [0.15, 0.2) is 24.3 Å². The Morgan fingerprint density at radius 1 is 1.30 bits per heavy atom. The highest BCUT2D eigenvalue weighted by Gasteiger charge is 2.49. The van der Waals surface area contributed by atoms with Crippen LogP contribution < -0.4 is 0 Å². The van der Waals surface area contributed by atoms with E-state index in [2.05, 4.69) is 36.2 Å². The second-order valence-electron chi connectivity index (χ2n) is 7.29. The summed E-state index contributed by atoms with van der Waals surface area (Å²) in [5, 5.41) is 18.2. The van der Waals surface area contributed by atoms with Crippen LogP contribution >= 0.6 is 0 Å². The molecule has 0 aliphatic heterocycles. The molecular weight excluding hydrogens is 290 g/mol. The number of hydrogen-bond donors (Lipinski definition) is 2. The molecule has 4 nitrogen and oxygen atoms in total. The number of benzene rings is 1. The zero-order valence-corrected chi connectivity index (χ0v) is 13.8. The minimum Gasteiger partial charge on any atom is -0.481 e. The highest BCUT2D eigenvalue weighted by atomic mass is 16.4. The van der Waals surface area contributed by atoms with Crippen molar-refractivity contribution in [2.75, 3.05) is 13.7 Å². The Labute approximate surface area is 138 Å². The first-order valence-corrected chi connectivity index (χ1v) is 8.69. The molecule has 4 heteroatoms. The van der Waals surface area contributed by atoms with Gasteiger partial charge in [-0.1, -0.05) is 24.3 Å². The Kier molecular flexibility index (Phi) is 5.02. The summed E-state index contributed by atoms with van der Waals surface area (Å²) in [4.78, 5) is 13.5. The van der Waals surface area contributed by atoms with Crippen LogP contribution in [0.5, 0.6) is 0 Å². The molecule has 0 radical (unpaired) electrons. The lowest BCUT2D eigenvalue weighted by atomic mass is 9.86. The molecule has 3 rings (SSSR count). The van der Waals surface area contributed by atoms with Gasteiger partial charge in [-0.3, -0.25) is 9.69 Å². The SMILES string of the molecule is CN(Cc1cccc(CCO)c1)C1C2CCC1C(CC(=O)O)C2. The van der Waals surface area contributed by atoms with Gasteiger partial charge in [0.2, 0.25) is 0 Å². The number of fused-ring (bicyclic) bond motifs is 2. The highest BCUT2D eigenvalue weighted by molar-refractivity contribution is 5.67. The molecule has 2 saturated carbocycles. The van der Waals surface area contributed by atoms with Gasteiger partial charge in [-0.25, -0.2) is 0 Å². The maximum absolute atomic E-state index is 11.1. The highest BCUT2D eigenvalue weighted by Crippen LogP contribution is 2.51. The molecule has 4 unspecified atom stereocenters. The van der Waals surface area contributed by atoms with Crippen molar-refractivity contribution in [3.63, 3.8) is 0 Å². The number of nitrogens with zero attached hydrogens (tertiary/aromatic N) is 1. The molecule has 0 spiro atoms.